The quantitative estimate of drug-likeness (QED) is 0.246. The Labute approximate surface area is 216 Å². The van der Waals surface area contributed by atoms with Crippen molar-refractivity contribution in [1.82, 2.24) is 4.68 Å². The van der Waals surface area contributed by atoms with Crippen molar-refractivity contribution in [3.05, 3.63) is 92.0 Å². The summed E-state index contributed by atoms with van der Waals surface area (Å²) in [6.45, 7) is 1.91. The maximum absolute atomic E-state index is 13.1. The molecule has 172 valence electrons. The van der Waals surface area contributed by atoms with Gasteiger partial charge >= 0.3 is 11.8 Å². The van der Waals surface area contributed by atoms with Crippen LogP contribution in [0, 0.1) is 6.92 Å². The Kier molecular flexibility index (Phi) is 7.06. The number of carbonyl (C=O) groups is 3. The van der Waals surface area contributed by atoms with Crippen LogP contribution in [0.3, 0.4) is 0 Å². The molecule has 0 radical (unpaired) electrons. The van der Waals surface area contributed by atoms with Crippen LogP contribution in [0.5, 0.6) is 0 Å². The highest BCUT2D eigenvalue weighted by Gasteiger charge is 2.21. The number of fused-ring (bicyclic) bond motifs is 1. The van der Waals surface area contributed by atoms with Gasteiger partial charge in [-0.2, -0.15) is 0 Å². The largest absolute Gasteiger partial charge is 0.328 e. The molecule has 0 saturated heterocycles. The molecule has 3 amide bonds. The summed E-state index contributed by atoms with van der Waals surface area (Å²) in [5.41, 5.74) is 5.19. The minimum Gasteiger partial charge on any atom is -0.321 e. The lowest BCUT2D eigenvalue weighted by atomic mass is 10.2. The number of nitrogens with zero attached hydrogens (tertiary/aromatic N) is 1. The fourth-order valence-corrected chi connectivity index (χ4v) is 4.02. The number of anilines is 2. The summed E-state index contributed by atoms with van der Waals surface area (Å²) in [5, 5.41) is 6.54. The number of aromatic nitrogens is 1. The first kappa shape index (κ1) is 24.0. The van der Waals surface area contributed by atoms with Crippen LogP contribution in [0.4, 0.5) is 11.4 Å². The van der Waals surface area contributed by atoms with Crippen molar-refractivity contribution in [2.24, 2.45) is 0 Å². The minimum absolute atomic E-state index is 0.154. The van der Waals surface area contributed by atoms with Crippen molar-refractivity contribution in [2.75, 3.05) is 16.1 Å². The second kappa shape index (κ2) is 10.0. The molecule has 0 aliphatic rings. The Morgan fingerprint density at radius 3 is 2.24 bits per heavy atom. The predicted molar refractivity (Wildman–Crippen MR) is 141 cm³/mol. The van der Waals surface area contributed by atoms with Crippen LogP contribution >= 0.6 is 43.5 Å². The molecule has 10 heteroatoms. The molecule has 3 N–H and O–H groups in total. The van der Waals surface area contributed by atoms with E-state index in [1.54, 1.807) is 48.5 Å². The Morgan fingerprint density at radius 1 is 0.824 bits per heavy atom. The lowest BCUT2D eigenvalue weighted by molar-refractivity contribution is -0.133. The molecule has 1 heterocycles. The Hall–Kier alpha value is -3.14. The van der Waals surface area contributed by atoms with Crippen molar-refractivity contribution in [3.8, 4) is 0 Å². The first-order valence-electron chi connectivity index (χ1n) is 9.97. The molecule has 0 saturated carbocycles. The van der Waals surface area contributed by atoms with Crippen LogP contribution in [0.2, 0.25) is 5.02 Å². The summed E-state index contributed by atoms with van der Waals surface area (Å²) in [5.74, 6) is -2.28. The monoisotopic (exact) mass is 602 g/mol. The number of nitrogens with one attached hydrogen (secondary N) is 3. The molecule has 0 fully saturated rings. The van der Waals surface area contributed by atoms with Gasteiger partial charge in [0, 0.05) is 30.7 Å². The van der Waals surface area contributed by atoms with Crippen LogP contribution < -0.4 is 16.1 Å². The fraction of sp³-hybridized carbons (Fsp3) is 0.0417. The maximum atomic E-state index is 13.1. The minimum atomic E-state index is -0.941. The van der Waals surface area contributed by atoms with Crippen LogP contribution in [0.25, 0.3) is 10.9 Å². The smallest absolute Gasteiger partial charge is 0.321 e. The van der Waals surface area contributed by atoms with Crippen molar-refractivity contribution in [1.29, 1.82) is 0 Å². The van der Waals surface area contributed by atoms with Gasteiger partial charge in [0.25, 0.3) is 5.91 Å². The van der Waals surface area contributed by atoms with E-state index in [9.17, 15) is 14.4 Å². The van der Waals surface area contributed by atoms with Gasteiger partial charge in [-0.1, -0.05) is 43.5 Å². The van der Waals surface area contributed by atoms with Crippen molar-refractivity contribution in [2.45, 2.75) is 6.92 Å². The number of amides is 3. The highest BCUT2D eigenvalue weighted by atomic mass is 79.9. The van der Waals surface area contributed by atoms with E-state index < -0.39 is 17.7 Å². The summed E-state index contributed by atoms with van der Waals surface area (Å²) in [7, 11) is 0. The third-order valence-electron chi connectivity index (χ3n) is 4.93. The second-order valence-electron chi connectivity index (χ2n) is 7.39. The summed E-state index contributed by atoms with van der Waals surface area (Å²) < 4.78 is 3.02. The van der Waals surface area contributed by atoms with Gasteiger partial charge in [0.2, 0.25) is 0 Å². The van der Waals surface area contributed by atoms with E-state index in [4.69, 9.17) is 11.6 Å². The molecule has 0 bridgehead atoms. The Balaban J connectivity index is 1.62. The summed E-state index contributed by atoms with van der Waals surface area (Å²) in [6.07, 6.45) is 0. The van der Waals surface area contributed by atoms with Crippen molar-refractivity contribution in [3.63, 3.8) is 0 Å². The predicted octanol–water partition coefficient (Wildman–Crippen LogP) is 6.09. The van der Waals surface area contributed by atoms with Crippen LogP contribution in [0.1, 0.15) is 16.1 Å². The fourth-order valence-electron chi connectivity index (χ4n) is 3.26. The van der Waals surface area contributed by atoms with Gasteiger partial charge in [-0.05, 0) is 79.2 Å². The van der Waals surface area contributed by atoms with Crippen LogP contribution in [0.15, 0.2) is 75.7 Å². The number of hydrogen-bond acceptors (Lipinski definition) is 3. The van der Waals surface area contributed by atoms with Crippen LogP contribution in [-0.2, 0) is 9.59 Å². The number of aryl methyl sites for hydroxylation is 1. The molecule has 0 spiro atoms. The molecule has 34 heavy (non-hydrogen) atoms. The first-order valence-corrected chi connectivity index (χ1v) is 11.9. The van der Waals surface area contributed by atoms with Gasteiger partial charge in [-0.3, -0.25) is 19.8 Å². The third-order valence-corrected chi connectivity index (χ3v) is 6.57. The number of benzene rings is 3. The number of halogens is 3. The van der Waals surface area contributed by atoms with E-state index in [2.05, 4.69) is 47.9 Å². The zero-order chi connectivity index (χ0) is 24.4. The van der Waals surface area contributed by atoms with E-state index >= 15 is 0 Å². The number of hydrogen-bond donors (Lipinski definition) is 3. The van der Waals surface area contributed by atoms with E-state index in [1.807, 2.05) is 25.1 Å². The van der Waals surface area contributed by atoms with E-state index in [1.165, 1.54) is 4.68 Å². The van der Waals surface area contributed by atoms with Gasteiger partial charge in [-0.25, -0.2) is 4.68 Å². The topological polar surface area (TPSA) is 92.2 Å². The molecule has 0 aliphatic carbocycles. The molecule has 0 atom stereocenters. The summed E-state index contributed by atoms with van der Waals surface area (Å²) in [4.78, 5) is 38.3. The zero-order valence-electron chi connectivity index (χ0n) is 17.7. The number of carbonyl (C=O) groups excluding carboxylic acids is 3. The van der Waals surface area contributed by atoms with Crippen molar-refractivity contribution < 1.29 is 14.4 Å². The lowest BCUT2D eigenvalue weighted by Gasteiger charge is -2.13. The van der Waals surface area contributed by atoms with Gasteiger partial charge < -0.3 is 10.6 Å². The maximum Gasteiger partial charge on any atom is 0.328 e. The van der Waals surface area contributed by atoms with Gasteiger partial charge in [0.05, 0.1) is 5.52 Å². The van der Waals surface area contributed by atoms with Crippen LogP contribution in [-0.4, -0.2) is 22.4 Å². The highest BCUT2D eigenvalue weighted by Crippen LogP contribution is 2.25. The average Bonchev–Trinajstić information content (AvgIpc) is 3.15. The Morgan fingerprint density at radius 2 is 1.53 bits per heavy atom. The van der Waals surface area contributed by atoms with Gasteiger partial charge in [0.15, 0.2) is 0 Å². The zero-order valence-corrected chi connectivity index (χ0v) is 21.6. The molecular weight excluding hydrogens is 588 g/mol. The van der Waals surface area contributed by atoms with Gasteiger partial charge in [0.1, 0.15) is 5.69 Å². The molecule has 4 rings (SSSR count). The molecule has 3 aromatic carbocycles. The van der Waals surface area contributed by atoms with E-state index in [0.29, 0.717) is 27.3 Å². The number of rotatable bonds is 4. The molecular formula is C24H17Br2ClN4O3. The standard InChI is InChI=1S/C24H17Br2ClN4O3/c1-13-10-18(7-8-19(13)26)29-22(32)21-12-14-11-15(25)2-9-20(14)31(21)30-24(34)23(33)28-17-5-3-16(27)4-6-17/h2-12H,1H3,(H,28,33)(H,29,32)(H,30,34). The average molecular weight is 605 g/mol. The normalized spacial score (nSPS) is 10.7. The van der Waals surface area contributed by atoms with E-state index in [0.717, 1.165) is 14.5 Å². The van der Waals surface area contributed by atoms with E-state index in [-0.39, 0.29) is 5.69 Å². The summed E-state index contributed by atoms with van der Waals surface area (Å²) >= 11 is 12.7. The first-order chi connectivity index (χ1) is 16.2. The SMILES string of the molecule is Cc1cc(NC(=O)c2cc3cc(Br)ccc3n2NC(=O)C(=O)Nc2ccc(Cl)cc2)ccc1Br. The third kappa shape index (κ3) is 5.32. The molecule has 0 unspecified atom stereocenters. The van der Waals surface area contributed by atoms with Crippen molar-refractivity contribution >= 4 is 83.5 Å². The molecule has 4 aromatic rings. The Bertz CT molecular complexity index is 1430. The highest BCUT2D eigenvalue weighted by molar-refractivity contribution is 9.10. The van der Waals surface area contributed by atoms with Gasteiger partial charge in [-0.15, -0.1) is 0 Å². The lowest BCUT2D eigenvalue weighted by Crippen LogP contribution is -2.36. The molecule has 1 aromatic heterocycles. The molecule has 0 aliphatic heterocycles. The second-order valence-corrected chi connectivity index (χ2v) is 9.59. The molecule has 7 nitrogen and oxygen atoms in total. The summed E-state index contributed by atoms with van der Waals surface area (Å²) in [6, 6.07) is 18.7.